The number of aromatic nitrogens is 3. The van der Waals surface area contributed by atoms with E-state index in [4.69, 9.17) is 17.3 Å². The smallest absolute Gasteiger partial charge is 0.138 e. The van der Waals surface area contributed by atoms with Crippen LogP contribution in [0.4, 0.5) is 5.69 Å². The molecule has 2 unspecified atom stereocenters. The van der Waals surface area contributed by atoms with Gasteiger partial charge in [0, 0.05) is 6.04 Å². The van der Waals surface area contributed by atoms with Crippen molar-refractivity contribution in [1.29, 1.82) is 0 Å². The highest BCUT2D eigenvalue weighted by molar-refractivity contribution is 6.33. The highest BCUT2D eigenvalue weighted by atomic mass is 35.5. The lowest BCUT2D eigenvalue weighted by atomic mass is 10.0. The zero-order valence-electron chi connectivity index (χ0n) is 11.2. The van der Waals surface area contributed by atoms with Gasteiger partial charge in [-0.1, -0.05) is 24.1 Å². The normalized spacial score (nSPS) is 22.1. The highest BCUT2D eigenvalue weighted by Crippen LogP contribution is 2.32. The Morgan fingerprint density at radius 3 is 3.05 bits per heavy atom. The first-order valence-corrected chi connectivity index (χ1v) is 7.27. The molecule has 2 atom stereocenters. The summed E-state index contributed by atoms with van der Waals surface area (Å²) in [5.74, 6) is 0.526. The number of halogens is 1. The van der Waals surface area contributed by atoms with Crippen LogP contribution < -0.4 is 11.1 Å². The number of rotatable bonds is 4. The summed E-state index contributed by atoms with van der Waals surface area (Å²) in [7, 11) is 0. The molecule has 3 N–H and O–H groups in total. The molecule has 3 rings (SSSR count). The van der Waals surface area contributed by atoms with E-state index >= 15 is 0 Å². The van der Waals surface area contributed by atoms with Gasteiger partial charge < -0.3 is 11.1 Å². The first-order valence-electron chi connectivity index (χ1n) is 6.89. The zero-order chi connectivity index (χ0) is 13.9. The lowest BCUT2D eigenvalue weighted by Crippen LogP contribution is -2.29. The molecule has 106 valence electrons. The molecule has 1 saturated carbocycles. The van der Waals surface area contributed by atoms with Crippen molar-refractivity contribution in [2.75, 3.05) is 11.9 Å². The Morgan fingerprint density at radius 1 is 1.40 bits per heavy atom. The van der Waals surface area contributed by atoms with Gasteiger partial charge in [-0.2, -0.15) is 5.10 Å². The average Bonchev–Trinajstić information content (AvgIpc) is 3.10. The fourth-order valence-corrected chi connectivity index (χ4v) is 3.16. The Kier molecular flexibility index (Phi) is 3.89. The van der Waals surface area contributed by atoms with Crippen molar-refractivity contribution < 1.29 is 0 Å². The Labute approximate surface area is 123 Å². The Bertz CT molecular complexity index is 569. The lowest BCUT2D eigenvalue weighted by molar-refractivity contribution is 0.516. The quantitative estimate of drug-likeness (QED) is 0.908. The Hall–Kier alpha value is -1.59. The van der Waals surface area contributed by atoms with Gasteiger partial charge in [0.05, 0.1) is 10.7 Å². The van der Waals surface area contributed by atoms with Crippen LogP contribution in [-0.4, -0.2) is 27.4 Å². The van der Waals surface area contributed by atoms with E-state index in [0.29, 0.717) is 17.0 Å². The van der Waals surface area contributed by atoms with Crippen molar-refractivity contribution in [2.24, 2.45) is 11.7 Å². The molecule has 1 aromatic heterocycles. The van der Waals surface area contributed by atoms with Crippen molar-refractivity contribution in [3.63, 3.8) is 0 Å². The molecule has 1 aliphatic carbocycles. The van der Waals surface area contributed by atoms with E-state index in [1.165, 1.54) is 19.2 Å². The van der Waals surface area contributed by atoms with Gasteiger partial charge in [-0.3, -0.25) is 0 Å². The molecule has 1 aliphatic rings. The van der Waals surface area contributed by atoms with Crippen LogP contribution in [-0.2, 0) is 0 Å². The molecule has 2 aromatic rings. The minimum Gasteiger partial charge on any atom is -0.380 e. The van der Waals surface area contributed by atoms with E-state index in [9.17, 15) is 0 Å². The SMILES string of the molecule is NCC1CCCC1Nc1cccc(Cl)c1-n1cncn1. The summed E-state index contributed by atoms with van der Waals surface area (Å²) in [5.41, 5.74) is 7.67. The van der Waals surface area contributed by atoms with Gasteiger partial charge in [0.15, 0.2) is 0 Å². The zero-order valence-corrected chi connectivity index (χ0v) is 11.9. The number of nitrogens with two attached hydrogens (primary N) is 1. The van der Waals surface area contributed by atoms with Crippen LogP contribution in [0.3, 0.4) is 0 Å². The molecule has 1 heterocycles. The number of para-hydroxylation sites is 1. The maximum absolute atomic E-state index is 6.32. The predicted octanol–water partition coefficient (Wildman–Crippen LogP) is 2.46. The third kappa shape index (κ3) is 2.51. The van der Waals surface area contributed by atoms with Gasteiger partial charge in [0.2, 0.25) is 0 Å². The molecule has 6 heteroatoms. The van der Waals surface area contributed by atoms with E-state index in [2.05, 4.69) is 15.4 Å². The molecule has 1 fully saturated rings. The van der Waals surface area contributed by atoms with Crippen molar-refractivity contribution in [3.8, 4) is 5.69 Å². The first kappa shape index (κ1) is 13.4. The lowest BCUT2D eigenvalue weighted by Gasteiger charge is -2.22. The number of nitrogens with zero attached hydrogens (tertiary/aromatic N) is 3. The first-order chi connectivity index (χ1) is 9.79. The summed E-state index contributed by atoms with van der Waals surface area (Å²) < 4.78 is 1.69. The molecular weight excluding hydrogens is 274 g/mol. The van der Waals surface area contributed by atoms with Crippen molar-refractivity contribution in [3.05, 3.63) is 35.9 Å². The van der Waals surface area contributed by atoms with E-state index in [1.54, 1.807) is 11.0 Å². The van der Waals surface area contributed by atoms with Gasteiger partial charge in [0.25, 0.3) is 0 Å². The second-order valence-corrected chi connectivity index (χ2v) is 5.56. The van der Waals surface area contributed by atoms with Crippen LogP contribution in [0, 0.1) is 5.92 Å². The fourth-order valence-electron chi connectivity index (χ4n) is 2.90. The largest absolute Gasteiger partial charge is 0.380 e. The van der Waals surface area contributed by atoms with Gasteiger partial charge in [-0.05, 0) is 37.4 Å². The van der Waals surface area contributed by atoms with Crippen molar-refractivity contribution in [1.82, 2.24) is 14.8 Å². The second-order valence-electron chi connectivity index (χ2n) is 5.15. The van der Waals surface area contributed by atoms with Gasteiger partial charge in [-0.25, -0.2) is 9.67 Å². The van der Waals surface area contributed by atoms with E-state index in [-0.39, 0.29) is 0 Å². The number of benzene rings is 1. The molecule has 0 aliphatic heterocycles. The molecule has 0 bridgehead atoms. The van der Waals surface area contributed by atoms with Crippen LogP contribution in [0.15, 0.2) is 30.9 Å². The summed E-state index contributed by atoms with van der Waals surface area (Å²) in [6, 6.07) is 6.23. The molecule has 5 nitrogen and oxygen atoms in total. The standard InChI is InChI=1S/C14H18ClN5/c15-11-4-2-6-13(14(11)20-9-17-8-18-20)19-12-5-1-3-10(12)7-16/h2,4,6,8-10,12,19H,1,3,5,7,16H2. The highest BCUT2D eigenvalue weighted by Gasteiger charge is 2.26. The number of anilines is 1. The summed E-state index contributed by atoms with van der Waals surface area (Å²) in [6.07, 6.45) is 6.71. The summed E-state index contributed by atoms with van der Waals surface area (Å²) >= 11 is 6.32. The maximum Gasteiger partial charge on any atom is 0.138 e. The molecule has 0 spiro atoms. The maximum atomic E-state index is 6.32. The monoisotopic (exact) mass is 291 g/mol. The van der Waals surface area contributed by atoms with E-state index < -0.39 is 0 Å². The molecule has 0 radical (unpaired) electrons. The van der Waals surface area contributed by atoms with E-state index in [0.717, 1.165) is 24.3 Å². The summed E-state index contributed by atoms with van der Waals surface area (Å²) in [5, 5.41) is 8.42. The molecule has 0 saturated heterocycles. The van der Waals surface area contributed by atoms with E-state index in [1.807, 2.05) is 18.2 Å². The Morgan fingerprint density at radius 2 is 2.30 bits per heavy atom. The van der Waals surface area contributed by atoms with Gasteiger partial charge in [-0.15, -0.1) is 0 Å². The van der Waals surface area contributed by atoms with Gasteiger partial charge in [0.1, 0.15) is 18.3 Å². The van der Waals surface area contributed by atoms with Crippen LogP contribution in [0.1, 0.15) is 19.3 Å². The third-order valence-corrected chi connectivity index (χ3v) is 4.24. The molecule has 20 heavy (non-hydrogen) atoms. The molecular formula is C14H18ClN5. The second kappa shape index (κ2) is 5.81. The van der Waals surface area contributed by atoms with Crippen molar-refractivity contribution in [2.45, 2.75) is 25.3 Å². The van der Waals surface area contributed by atoms with Crippen LogP contribution in [0.2, 0.25) is 5.02 Å². The van der Waals surface area contributed by atoms with Gasteiger partial charge >= 0.3 is 0 Å². The fraction of sp³-hybridized carbons (Fsp3) is 0.429. The van der Waals surface area contributed by atoms with Crippen LogP contribution >= 0.6 is 11.6 Å². The summed E-state index contributed by atoms with van der Waals surface area (Å²) in [4.78, 5) is 3.99. The number of nitrogens with one attached hydrogen (secondary N) is 1. The van der Waals surface area contributed by atoms with Crippen LogP contribution in [0.5, 0.6) is 0 Å². The average molecular weight is 292 g/mol. The summed E-state index contributed by atoms with van der Waals surface area (Å²) in [6.45, 7) is 0.719. The molecule has 1 aromatic carbocycles. The minimum atomic E-state index is 0.403. The molecule has 0 amide bonds. The topological polar surface area (TPSA) is 68.8 Å². The Balaban J connectivity index is 1.92. The van der Waals surface area contributed by atoms with Crippen LogP contribution in [0.25, 0.3) is 5.69 Å². The third-order valence-electron chi connectivity index (χ3n) is 3.94. The van der Waals surface area contributed by atoms with Crippen molar-refractivity contribution >= 4 is 17.3 Å². The number of hydrogen-bond acceptors (Lipinski definition) is 4. The number of hydrogen-bond donors (Lipinski definition) is 2. The minimum absolute atomic E-state index is 0.403. The predicted molar refractivity (Wildman–Crippen MR) is 80.2 cm³/mol.